The molecule has 4 rings (SSSR count). The lowest BCUT2D eigenvalue weighted by molar-refractivity contribution is -0.126. The van der Waals surface area contributed by atoms with Crippen molar-refractivity contribution in [2.24, 2.45) is 17.4 Å². The Morgan fingerprint density at radius 3 is 2.71 bits per heavy atom. The molecule has 3 heterocycles. The largest absolute Gasteiger partial charge is 0.449 e. The molecule has 0 saturated carbocycles. The van der Waals surface area contributed by atoms with Crippen LogP contribution in [0, 0.1) is 5.92 Å². The Hall–Kier alpha value is -2.39. The van der Waals surface area contributed by atoms with E-state index in [2.05, 4.69) is 0 Å². The first-order valence-corrected chi connectivity index (χ1v) is 7.65. The first kappa shape index (κ1) is 15.2. The van der Waals surface area contributed by atoms with Crippen LogP contribution in [0.3, 0.4) is 0 Å². The first-order chi connectivity index (χ1) is 11.2. The number of fused-ring (bicyclic) bond motifs is 4. The van der Waals surface area contributed by atoms with Crippen molar-refractivity contribution in [2.45, 2.75) is 24.7 Å². The number of nitrogens with zero attached hydrogens (tertiary/aromatic N) is 2. The van der Waals surface area contributed by atoms with Gasteiger partial charge in [0.25, 0.3) is 0 Å². The molecule has 0 aromatic heterocycles. The fourth-order valence-electron chi connectivity index (χ4n) is 4.39. The van der Waals surface area contributed by atoms with Crippen molar-refractivity contribution < 1.29 is 24.2 Å². The Kier molecular flexibility index (Phi) is 2.76. The fourth-order valence-corrected chi connectivity index (χ4v) is 4.39. The number of ether oxygens (including phenoxy) is 1. The van der Waals surface area contributed by atoms with E-state index >= 15 is 0 Å². The van der Waals surface area contributed by atoms with Gasteiger partial charge in [-0.1, -0.05) is 0 Å². The van der Waals surface area contributed by atoms with Gasteiger partial charge in [0.2, 0.25) is 11.6 Å². The summed E-state index contributed by atoms with van der Waals surface area (Å²) in [6, 6.07) is -0.154. The Bertz CT molecular complexity index is 772. The van der Waals surface area contributed by atoms with Gasteiger partial charge in [-0.3, -0.25) is 14.5 Å². The Balaban J connectivity index is 1.82. The van der Waals surface area contributed by atoms with E-state index in [1.807, 2.05) is 11.9 Å². The monoisotopic (exact) mass is 334 g/mol. The van der Waals surface area contributed by atoms with Crippen LogP contribution < -0.4 is 11.5 Å². The number of aliphatic hydroxyl groups is 1. The number of carbonyl (C=O) groups is 3. The molecule has 4 aliphatic rings. The number of Topliss-reactive ketones (excluding diaryl/α,β-unsaturated/α-hetero) is 2. The highest BCUT2D eigenvalue weighted by molar-refractivity contribution is 6.25. The average Bonchev–Trinajstić information content (AvgIpc) is 2.93. The van der Waals surface area contributed by atoms with Crippen LogP contribution in [0.5, 0.6) is 0 Å². The minimum Gasteiger partial charge on any atom is -0.449 e. The number of hydrogen-bond donors (Lipinski definition) is 3. The number of hydrogen-bond acceptors (Lipinski definition) is 8. The second-order valence-electron chi connectivity index (χ2n) is 6.71. The van der Waals surface area contributed by atoms with Crippen molar-refractivity contribution in [3.63, 3.8) is 0 Å². The molecule has 0 bridgehead atoms. The van der Waals surface area contributed by atoms with Crippen LogP contribution in [0.2, 0.25) is 0 Å². The molecule has 0 radical (unpaired) electrons. The van der Waals surface area contributed by atoms with Gasteiger partial charge in [0, 0.05) is 23.7 Å². The summed E-state index contributed by atoms with van der Waals surface area (Å²) in [5, 5.41) is 11.4. The van der Waals surface area contributed by atoms with Crippen molar-refractivity contribution in [2.75, 3.05) is 20.2 Å². The van der Waals surface area contributed by atoms with E-state index in [1.54, 1.807) is 4.90 Å². The summed E-state index contributed by atoms with van der Waals surface area (Å²) in [4.78, 5) is 39.9. The average molecular weight is 334 g/mol. The zero-order chi connectivity index (χ0) is 17.5. The smallest absolute Gasteiger partial charge is 0.404 e. The van der Waals surface area contributed by atoms with Gasteiger partial charge in [-0.15, -0.1) is 0 Å². The fraction of sp³-hybridized carbons (Fsp3) is 0.533. The van der Waals surface area contributed by atoms with E-state index in [-0.39, 0.29) is 47.0 Å². The topological polar surface area (TPSA) is 139 Å². The molecule has 1 aliphatic carbocycles. The number of piperazine rings is 1. The van der Waals surface area contributed by atoms with Crippen LogP contribution in [-0.4, -0.2) is 70.6 Å². The van der Waals surface area contributed by atoms with E-state index in [0.29, 0.717) is 6.54 Å². The second kappa shape index (κ2) is 4.37. The maximum Gasteiger partial charge on any atom is 0.404 e. The third-order valence-electron chi connectivity index (χ3n) is 5.70. The number of carbonyl (C=O) groups excluding carboxylic acids is 3. The van der Waals surface area contributed by atoms with Gasteiger partial charge in [-0.05, 0) is 14.0 Å². The highest BCUT2D eigenvalue weighted by Crippen LogP contribution is 2.57. The van der Waals surface area contributed by atoms with Crippen LogP contribution in [0.1, 0.15) is 6.92 Å². The molecule has 0 spiro atoms. The number of rotatable bonds is 2. The number of nitrogens with two attached hydrogens (primary N) is 2. The van der Waals surface area contributed by atoms with Gasteiger partial charge in [-0.25, -0.2) is 4.79 Å². The lowest BCUT2D eigenvalue weighted by atomic mass is 9.83. The van der Waals surface area contributed by atoms with E-state index in [1.165, 1.54) is 6.92 Å². The standard InChI is InChI=1S/C15H18N4O5/c1-5-9(16)12(21)8-6(4-24-14(17)22)15(23)13-7(18(13)2)3-19(15)10(8)11(5)20/h6-7,13,23H,3-4,16H2,1-2H3,(H2,17,22)/t6?,7?,13?,15-,18?/m1/s1. The number of allylic oxidation sites excluding steroid dienone is 2. The summed E-state index contributed by atoms with van der Waals surface area (Å²) in [7, 11) is 1.86. The van der Waals surface area contributed by atoms with Gasteiger partial charge < -0.3 is 26.2 Å². The zero-order valence-corrected chi connectivity index (χ0v) is 13.3. The third kappa shape index (κ3) is 1.53. The second-order valence-corrected chi connectivity index (χ2v) is 6.71. The Morgan fingerprint density at radius 2 is 2.08 bits per heavy atom. The van der Waals surface area contributed by atoms with Gasteiger partial charge in [0.1, 0.15) is 6.61 Å². The van der Waals surface area contributed by atoms with E-state index in [9.17, 15) is 19.5 Å². The Labute approximate surface area is 137 Å². The number of primary amides is 1. The van der Waals surface area contributed by atoms with Crippen LogP contribution >= 0.6 is 0 Å². The van der Waals surface area contributed by atoms with E-state index in [4.69, 9.17) is 16.2 Å². The maximum atomic E-state index is 12.7. The number of ketones is 2. The van der Waals surface area contributed by atoms with Crippen molar-refractivity contribution in [1.82, 2.24) is 9.80 Å². The molecule has 0 aromatic carbocycles. The molecule has 2 saturated heterocycles. The summed E-state index contributed by atoms with van der Waals surface area (Å²) < 4.78 is 4.88. The summed E-state index contributed by atoms with van der Waals surface area (Å²) in [6.45, 7) is 1.63. The lowest BCUT2D eigenvalue weighted by Gasteiger charge is -2.37. The van der Waals surface area contributed by atoms with Gasteiger partial charge in [0.05, 0.1) is 23.4 Å². The molecular weight excluding hydrogens is 316 g/mol. The SMILES string of the molecule is CC1=C(N)C(=O)C2=C(C1=O)N1CC3C(N3C)[C@]1(O)C2COC(N)=O. The maximum absolute atomic E-state index is 12.7. The molecule has 9 heteroatoms. The quantitative estimate of drug-likeness (QED) is 0.391. The first-order valence-electron chi connectivity index (χ1n) is 7.65. The summed E-state index contributed by atoms with van der Waals surface area (Å²) >= 11 is 0. The van der Waals surface area contributed by atoms with Crippen molar-refractivity contribution in [3.05, 3.63) is 22.5 Å². The molecule has 9 nitrogen and oxygen atoms in total. The number of likely N-dealkylation sites (N-methyl/N-ethyl adjacent to an activating group) is 1. The molecule has 1 amide bonds. The third-order valence-corrected chi connectivity index (χ3v) is 5.70. The van der Waals surface area contributed by atoms with Crippen LogP contribution in [-0.2, 0) is 14.3 Å². The molecule has 3 aliphatic heterocycles. The zero-order valence-electron chi connectivity index (χ0n) is 13.3. The van der Waals surface area contributed by atoms with Crippen molar-refractivity contribution in [3.8, 4) is 0 Å². The molecule has 5 N–H and O–H groups in total. The van der Waals surface area contributed by atoms with Crippen molar-refractivity contribution in [1.29, 1.82) is 0 Å². The van der Waals surface area contributed by atoms with Crippen LogP contribution in [0.25, 0.3) is 0 Å². The minimum atomic E-state index is -1.49. The molecule has 5 atom stereocenters. The molecule has 4 unspecified atom stereocenters. The molecule has 24 heavy (non-hydrogen) atoms. The summed E-state index contributed by atoms with van der Waals surface area (Å²) in [5.41, 5.74) is 9.66. The number of amides is 1. The van der Waals surface area contributed by atoms with Gasteiger partial charge in [-0.2, -0.15) is 0 Å². The minimum absolute atomic E-state index is 0.0894. The summed E-state index contributed by atoms with van der Waals surface area (Å²) in [6.07, 6.45) is -1.01. The predicted octanol–water partition coefficient (Wildman–Crippen LogP) is -1.96. The van der Waals surface area contributed by atoms with E-state index < -0.39 is 23.5 Å². The Morgan fingerprint density at radius 1 is 1.42 bits per heavy atom. The molecule has 128 valence electrons. The van der Waals surface area contributed by atoms with Crippen molar-refractivity contribution >= 4 is 17.7 Å². The molecule has 2 fully saturated rings. The van der Waals surface area contributed by atoms with E-state index in [0.717, 1.165) is 0 Å². The highest BCUT2D eigenvalue weighted by Gasteiger charge is 2.74. The normalized spacial score (nSPS) is 39.9. The predicted molar refractivity (Wildman–Crippen MR) is 79.9 cm³/mol. The highest BCUT2D eigenvalue weighted by atomic mass is 16.5. The lowest BCUT2D eigenvalue weighted by Crippen LogP contribution is -2.53. The molecular formula is C15H18N4O5. The van der Waals surface area contributed by atoms with Crippen LogP contribution in [0.15, 0.2) is 22.5 Å². The van der Waals surface area contributed by atoms with Gasteiger partial charge >= 0.3 is 6.09 Å². The van der Waals surface area contributed by atoms with Crippen LogP contribution in [0.4, 0.5) is 4.79 Å². The summed E-state index contributed by atoms with van der Waals surface area (Å²) in [5.74, 6) is -1.74. The molecule has 0 aromatic rings. The van der Waals surface area contributed by atoms with Gasteiger partial charge in [0.15, 0.2) is 5.72 Å².